The zero-order valence-electron chi connectivity index (χ0n) is 10.5. The number of methoxy groups -OCH3 is 1. The summed E-state index contributed by atoms with van der Waals surface area (Å²) in [5.74, 6) is 0. The normalized spacial score (nSPS) is 22.3. The molecule has 0 spiro atoms. The molecule has 96 valence electrons. The van der Waals surface area contributed by atoms with Gasteiger partial charge in [0.05, 0.1) is 18.3 Å². The summed E-state index contributed by atoms with van der Waals surface area (Å²) in [4.78, 5) is 2.00. The number of aliphatic hydroxyl groups is 2. The lowest BCUT2D eigenvalue weighted by Gasteiger charge is -2.36. The van der Waals surface area contributed by atoms with Crippen LogP contribution in [0.2, 0.25) is 0 Å². The molecule has 0 radical (unpaired) electrons. The van der Waals surface area contributed by atoms with E-state index in [1.54, 1.807) is 7.11 Å². The molecule has 0 aromatic heterocycles. The minimum absolute atomic E-state index is 0.350. The average Bonchev–Trinajstić information content (AvgIpc) is 2.17. The maximum Gasteiger partial charge on any atom is 0.0899 e. The molecule has 0 heterocycles. The van der Waals surface area contributed by atoms with Gasteiger partial charge >= 0.3 is 0 Å². The Balaban J connectivity index is 2.29. The van der Waals surface area contributed by atoms with Crippen LogP contribution in [0, 0.1) is 0 Å². The monoisotopic (exact) mass is 231 g/mol. The third-order valence-corrected chi connectivity index (χ3v) is 3.23. The van der Waals surface area contributed by atoms with Crippen LogP contribution < -0.4 is 0 Å². The van der Waals surface area contributed by atoms with Crippen molar-refractivity contribution in [3.05, 3.63) is 0 Å². The van der Waals surface area contributed by atoms with Gasteiger partial charge in [-0.3, -0.25) is 0 Å². The Morgan fingerprint density at radius 1 is 1.31 bits per heavy atom. The largest absolute Gasteiger partial charge is 0.389 e. The van der Waals surface area contributed by atoms with Crippen LogP contribution >= 0.6 is 0 Å². The van der Waals surface area contributed by atoms with E-state index in [4.69, 9.17) is 4.74 Å². The first-order valence-electron chi connectivity index (χ1n) is 6.14. The van der Waals surface area contributed by atoms with Crippen LogP contribution in [0.25, 0.3) is 0 Å². The van der Waals surface area contributed by atoms with Crippen molar-refractivity contribution in [2.45, 2.75) is 43.8 Å². The van der Waals surface area contributed by atoms with Gasteiger partial charge < -0.3 is 19.8 Å². The number of likely N-dealkylation sites (N-methyl/N-ethyl adjacent to an activating group) is 1. The van der Waals surface area contributed by atoms with Crippen LogP contribution in [0.4, 0.5) is 0 Å². The fourth-order valence-electron chi connectivity index (χ4n) is 2.54. The highest BCUT2D eigenvalue weighted by Gasteiger charge is 2.30. The van der Waals surface area contributed by atoms with E-state index in [0.717, 1.165) is 25.7 Å². The molecule has 4 heteroatoms. The molecule has 16 heavy (non-hydrogen) atoms. The highest BCUT2D eigenvalue weighted by Crippen LogP contribution is 2.28. The summed E-state index contributed by atoms with van der Waals surface area (Å²) in [5.41, 5.74) is -0.542. The summed E-state index contributed by atoms with van der Waals surface area (Å²) in [7, 11) is 3.52. The van der Waals surface area contributed by atoms with Gasteiger partial charge in [0, 0.05) is 20.2 Å². The molecule has 0 aromatic carbocycles. The van der Waals surface area contributed by atoms with Crippen LogP contribution in [0.1, 0.15) is 32.1 Å². The molecule has 1 rings (SSSR count). The summed E-state index contributed by atoms with van der Waals surface area (Å²) in [6, 6.07) is 0. The Morgan fingerprint density at radius 2 is 1.94 bits per heavy atom. The highest BCUT2D eigenvalue weighted by molar-refractivity contribution is 4.85. The maximum absolute atomic E-state index is 10.3. The number of hydrogen-bond acceptors (Lipinski definition) is 4. The second-order valence-corrected chi connectivity index (χ2v) is 5.09. The highest BCUT2D eigenvalue weighted by atomic mass is 16.5. The third-order valence-electron chi connectivity index (χ3n) is 3.23. The van der Waals surface area contributed by atoms with Crippen molar-refractivity contribution >= 4 is 0 Å². The van der Waals surface area contributed by atoms with Gasteiger partial charge in [0.1, 0.15) is 0 Å². The molecule has 1 fully saturated rings. The summed E-state index contributed by atoms with van der Waals surface area (Å²) >= 11 is 0. The fraction of sp³-hybridized carbons (Fsp3) is 1.00. The standard InChI is InChI=1S/C12H25NO3/c1-13(8-11(14)9-16-2)10-12(15)6-4-3-5-7-12/h11,14-15H,3-10H2,1-2H3. The van der Waals surface area contributed by atoms with Crippen molar-refractivity contribution < 1.29 is 14.9 Å². The number of hydrogen-bond donors (Lipinski definition) is 2. The molecular formula is C12H25NO3. The number of aliphatic hydroxyl groups excluding tert-OH is 1. The molecule has 4 nitrogen and oxygen atoms in total. The number of nitrogens with zero attached hydrogens (tertiary/aromatic N) is 1. The SMILES string of the molecule is COCC(O)CN(C)CC1(O)CCCCC1. The van der Waals surface area contributed by atoms with Gasteiger partial charge in [0.25, 0.3) is 0 Å². The molecule has 1 saturated carbocycles. The van der Waals surface area contributed by atoms with Crippen LogP contribution in [0.15, 0.2) is 0 Å². The predicted molar refractivity (Wildman–Crippen MR) is 63.4 cm³/mol. The second-order valence-electron chi connectivity index (χ2n) is 5.09. The fourth-order valence-corrected chi connectivity index (χ4v) is 2.54. The first kappa shape index (κ1) is 13.9. The van der Waals surface area contributed by atoms with Gasteiger partial charge in [0.15, 0.2) is 0 Å². The minimum atomic E-state index is -0.542. The predicted octanol–water partition coefficient (Wildman–Crippen LogP) is 0.621. The minimum Gasteiger partial charge on any atom is -0.389 e. The van der Waals surface area contributed by atoms with Crippen molar-refractivity contribution in [3.8, 4) is 0 Å². The van der Waals surface area contributed by atoms with E-state index in [9.17, 15) is 10.2 Å². The summed E-state index contributed by atoms with van der Waals surface area (Å²) in [5, 5.41) is 19.9. The average molecular weight is 231 g/mol. The summed E-state index contributed by atoms with van der Waals surface area (Å²) in [6.07, 6.45) is 4.77. The smallest absolute Gasteiger partial charge is 0.0899 e. The van der Waals surface area contributed by atoms with E-state index in [2.05, 4.69) is 0 Å². The van der Waals surface area contributed by atoms with E-state index < -0.39 is 11.7 Å². The number of rotatable bonds is 6. The van der Waals surface area contributed by atoms with Crippen LogP contribution in [0.3, 0.4) is 0 Å². The van der Waals surface area contributed by atoms with Crippen molar-refractivity contribution in [2.24, 2.45) is 0 Å². The zero-order valence-corrected chi connectivity index (χ0v) is 10.5. The van der Waals surface area contributed by atoms with Crippen LogP contribution in [-0.2, 0) is 4.74 Å². The van der Waals surface area contributed by atoms with Gasteiger partial charge in [-0.2, -0.15) is 0 Å². The van der Waals surface area contributed by atoms with Crippen molar-refractivity contribution in [1.29, 1.82) is 0 Å². The van der Waals surface area contributed by atoms with Gasteiger partial charge in [-0.1, -0.05) is 19.3 Å². The molecule has 0 aromatic rings. The number of ether oxygens (including phenoxy) is 1. The third kappa shape index (κ3) is 4.78. The molecule has 0 bridgehead atoms. The van der Waals surface area contributed by atoms with E-state index in [0.29, 0.717) is 19.7 Å². The van der Waals surface area contributed by atoms with Gasteiger partial charge in [-0.15, -0.1) is 0 Å². The molecule has 1 aliphatic carbocycles. The lowest BCUT2D eigenvalue weighted by atomic mass is 9.84. The Bertz CT molecular complexity index is 193. The summed E-state index contributed by atoms with van der Waals surface area (Å²) in [6.45, 7) is 1.55. The zero-order chi connectivity index (χ0) is 12.0. The Labute approximate surface area is 98.2 Å². The van der Waals surface area contributed by atoms with Crippen LogP contribution in [0.5, 0.6) is 0 Å². The molecule has 1 unspecified atom stereocenters. The maximum atomic E-state index is 10.3. The van der Waals surface area contributed by atoms with E-state index in [1.165, 1.54) is 6.42 Å². The topological polar surface area (TPSA) is 52.9 Å². The first-order valence-corrected chi connectivity index (χ1v) is 6.14. The van der Waals surface area contributed by atoms with Crippen molar-refractivity contribution in [3.63, 3.8) is 0 Å². The van der Waals surface area contributed by atoms with Gasteiger partial charge in [-0.25, -0.2) is 0 Å². The first-order chi connectivity index (χ1) is 7.56. The summed E-state index contributed by atoms with van der Waals surface area (Å²) < 4.78 is 4.88. The molecule has 0 aliphatic heterocycles. The lowest BCUT2D eigenvalue weighted by Crippen LogP contribution is -2.45. The Hall–Kier alpha value is -0.160. The van der Waals surface area contributed by atoms with Gasteiger partial charge in [0.2, 0.25) is 0 Å². The lowest BCUT2D eigenvalue weighted by molar-refractivity contribution is -0.0335. The van der Waals surface area contributed by atoms with Crippen molar-refractivity contribution in [2.75, 3.05) is 33.9 Å². The molecule has 1 aliphatic rings. The quantitative estimate of drug-likeness (QED) is 0.703. The molecule has 2 N–H and O–H groups in total. The molecule has 0 amide bonds. The van der Waals surface area contributed by atoms with Crippen LogP contribution in [-0.4, -0.2) is 60.7 Å². The molecule has 0 saturated heterocycles. The van der Waals surface area contributed by atoms with Gasteiger partial charge in [-0.05, 0) is 19.9 Å². The Morgan fingerprint density at radius 3 is 2.50 bits per heavy atom. The van der Waals surface area contributed by atoms with E-state index >= 15 is 0 Å². The second kappa shape index (κ2) is 6.55. The van der Waals surface area contributed by atoms with E-state index in [1.807, 2.05) is 11.9 Å². The molecule has 1 atom stereocenters. The molecular weight excluding hydrogens is 206 g/mol. The Kier molecular flexibility index (Phi) is 5.69. The van der Waals surface area contributed by atoms with Crippen molar-refractivity contribution in [1.82, 2.24) is 4.90 Å². The van der Waals surface area contributed by atoms with E-state index in [-0.39, 0.29) is 0 Å².